The van der Waals surface area contributed by atoms with Crippen LogP contribution in [-0.4, -0.2) is 32.7 Å². The second kappa shape index (κ2) is 7.52. The number of rotatable bonds is 4. The number of fused-ring (bicyclic) bond motifs is 1. The van der Waals surface area contributed by atoms with Gasteiger partial charge in [0, 0.05) is 17.3 Å². The smallest absolute Gasteiger partial charge is 0.378 e. The van der Waals surface area contributed by atoms with E-state index in [1.54, 1.807) is 6.92 Å². The molecule has 138 valence electrons. The fourth-order valence-electron chi connectivity index (χ4n) is 3.02. The SMILES string of the molecule is CCOC(=O)c1nnc2c(-c3ccc(-c4ccccc4)cn3)cc(C)cc2n1. The van der Waals surface area contributed by atoms with E-state index in [2.05, 4.69) is 20.2 Å². The molecule has 0 aliphatic carbocycles. The van der Waals surface area contributed by atoms with Gasteiger partial charge < -0.3 is 4.74 Å². The van der Waals surface area contributed by atoms with Gasteiger partial charge in [0.25, 0.3) is 5.82 Å². The summed E-state index contributed by atoms with van der Waals surface area (Å²) in [4.78, 5) is 20.8. The molecule has 6 nitrogen and oxygen atoms in total. The highest BCUT2D eigenvalue weighted by Crippen LogP contribution is 2.28. The van der Waals surface area contributed by atoms with Crippen LogP contribution in [0.25, 0.3) is 33.4 Å². The van der Waals surface area contributed by atoms with Crippen molar-refractivity contribution in [1.82, 2.24) is 20.2 Å². The summed E-state index contributed by atoms with van der Waals surface area (Å²) >= 11 is 0. The van der Waals surface area contributed by atoms with Crippen LogP contribution in [0.3, 0.4) is 0 Å². The summed E-state index contributed by atoms with van der Waals surface area (Å²) in [6.45, 7) is 3.96. The number of hydrogen-bond acceptors (Lipinski definition) is 6. The van der Waals surface area contributed by atoms with E-state index in [-0.39, 0.29) is 12.4 Å². The summed E-state index contributed by atoms with van der Waals surface area (Å²) < 4.78 is 4.96. The molecule has 0 radical (unpaired) electrons. The van der Waals surface area contributed by atoms with Crippen molar-refractivity contribution >= 4 is 17.0 Å². The number of ether oxygens (including phenoxy) is 1. The summed E-state index contributed by atoms with van der Waals surface area (Å²) in [5.41, 5.74) is 5.91. The molecule has 0 N–H and O–H groups in total. The average molecular weight is 370 g/mol. The molecule has 0 fully saturated rings. The van der Waals surface area contributed by atoms with Crippen LogP contribution in [0, 0.1) is 6.92 Å². The first-order valence-electron chi connectivity index (χ1n) is 9.00. The van der Waals surface area contributed by atoms with E-state index in [4.69, 9.17) is 4.74 Å². The molecule has 28 heavy (non-hydrogen) atoms. The summed E-state index contributed by atoms with van der Waals surface area (Å²) in [7, 11) is 0. The van der Waals surface area contributed by atoms with E-state index in [1.165, 1.54) is 0 Å². The number of carbonyl (C=O) groups is 1. The fourth-order valence-corrected chi connectivity index (χ4v) is 3.02. The number of hydrogen-bond donors (Lipinski definition) is 0. The molecule has 2 heterocycles. The molecular formula is C22H18N4O2. The van der Waals surface area contributed by atoms with Gasteiger partial charge in [-0.05, 0) is 43.2 Å². The van der Waals surface area contributed by atoms with Crippen molar-refractivity contribution in [2.45, 2.75) is 13.8 Å². The number of esters is 1. The lowest BCUT2D eigenvalue weighted by Crippen LogP contribution is -2.11. The van der Waals surface area contributed by atoms with Crippen molar-refractivity contribution in [1.29, 1.82) is 0 Å². The Morgan fingerprint density at radius 1 is 1.00 bits per heavy atom. The highest BCUT2D eigenvalue weighted by Gasteiger charge is 2.15. The molecule has 0 amide bonds. The second-order valence-corrected chi connectivity index (χ2v) is 6.33. The van der Waals surface area contributed by atoms with Gasteiger partial charge in [-0.25, -0.2) is 9.78 Å². The number of pyridine rings is 1. The summed E-state index contributed by atoms with van der Waals surface area (Å²) in [5, 5.41) is 8.17. The van der Waals surface area contributed by atoms with E-state index in [0.29, 0.717) is 11.0 Å². The standard InChI is InChI=1S/C22H18N4O2/c1-3-28-22(27)21-24-19-12-14(2)11-17(20(19)25-26-21)18-10-9-16(13-23-18)15-7-5-4-6-8-15/h4-13H,3H2,1-2H3. The van der Waals surface area contributed by atoms with Crippen LogP contribution in [0.15, 0.2) is 60.8 Å². The summed E-state index contributed by atoms with van der Waals surface area (Å²) in [5.74, 6) is -0.622. The van der Waals surface area contributed by atoms with E-state index >= 15 is 0 Å². The summed E-state index contributed by atoms with van der Waals surface area (Å²) in [6.07, 6.45) is 1.84. The van der Waals surface area contributed by atoms with Crippen LogP contribution in [-0.2, 0) is 4.74 Å². The molecule has 0 saturated carbocycles. The number of aryl methyl sites for hydroxylation is 1. The molecule has 2 aromatic carbocycles. The van der Waals surface area contributed by atoms with Gasteiger partial charge in [0.05, 0.1) is 17.8 Å². The third-order valence-corrected chi connectivity index (χ3v) is 4.31. The third kappa shape index (κ3) is 3.44. The third-order valence-electron chi connectivity index (χ3n) is 4.31. The predicted octanol–water partition coefficient (Wildman–Crippen LogP) is 4.24. The van der Waals surface area contributed by atoms with Crippen molar-refractivity contribution < 1.29 is 9.53 Å². The van der Waals surface area contributed by atoms with Gasteiger partial charge in [0.2, 0.25) is 0 Å². The van der Waals surface area contributed by atoms with Crippen molar-refractivity contribution in [3.8, 4) is 22.4 Å². The summed E-state index contributed by atoms with van der Waals surface area (Å²) in [6, 6.07) is 17.9. The monoisotopic (exact) mass is 370 g/mol. The normalized spacial score (nSPS) is 10.8. The Morgan fingerprint density at radius 2 is 1.82 bits per heavy atom. The minimum Gasteiger partial charge on any atom is -0.460 e. The van der Waals surface area contributed by atoms with Crippen molar-refractivity contribution in [2.75, 3.05) is 6.61 Å². The van der Waals surface area contributed by atoms with Crippen LogP contribution >= 0.6 is 0 Å². The Kier molecular flexibility index (Phi) is 4.76. The molecule has 0 bridgehead atoms. The second-order valence-electron chi connectivity index (χ2n) is 6.33. The lowest BCUT2D eigenvalue weighted by Gasteiger charge is -2.08. The lowest BCUT2D eigenvalue weighted by atomic mass is 10.0. The minimum absolute atomic E-state index is 0.0433. The Balaban J connectivity index is 1.77. The van der Waals surface area contributed by atoms with Gasteiger partial charge >= 0.3 is 5.97 Å². The van der Waals surface area contributed by atoms with Crippen LogP contribution in [0.4, 0.5) is 0 Å². The quantitative estimate of drug-likeness (QED) is 0.500. The first kappa shape index (κ1) is 17.7. The number of nitrogens with zero attached hydrogens (tertiary/aromatic N) is 4. The zero-order valence-electron chi connectivity index (χ0n) is 15.6. The topological polar surface area (TPSA) is 77.9 Å². The molecule has 4 aromatic rings. The van der Waals surface area contributed by atoms with Gasteiger partial charge in [-0.2, -0.15) is 0 Å². The van der Waals surface area contributed by atoms with Crippen molar-refractivity contribution in [3.05, 3.63) is 72.2 Å². The van der Waals surface area contributed by atoms with Crippen molar-refractivity contribution in [3.63, 3.8) is 0 Å². The highest BCUT2D eigenvalue weighted by atomic mass is 16.5. The van der Waals surface area contributed by atoms with Gasteiger partial charge in [0.15, 0.2) is 0 Å². The molecule has 0 saturated heterocycles. The Bertz CT molecular complexity index is 1140. The molecule has 0 spiro atoms. The Hall–Kier alpha value is -3.67. The molecule has 4 rings (SSSR count). The highest BCUT2D eigenvalue weighted by molar-refractivity contribution is 5.93. The Labute approximate surface area is 162 Å². The fraction of sp³-hybridized carbons (Fsp3) is 0.136. The minimum atomic E-state index is -0.578. The van der Waals surface area contributed by atoms with E-state index < -0.39 is 5.97 Å². The Morgan fingerprint density at radius 3 is 2.54 bits per heavy atom. The number of benzene rings is 2. The average Bonchev–Trinajstić information content (AvgIpc) is 2.73. The zero-order valence-corrected chi connectivity index (χ0v) is 15.6. The van der Waals surface area contributed by atoms with Gasteiger partial charge in [-0.3, -0.25) is 4.98 Å². The van der Waals surface area contributed by atoms with Gasteiger partial charge in [-0.1, -0.05) is 36.4 Å². The molecular weight excluding hydrogens is 352 g/mol. The lowest BCUT2D eigenvalue weighted by molar-refractivity contribution is 0.0511. The van der Waals surface area contributed by atoms with Crippen LogP contribution in [0.1, 0.15) is 23.1 Å². The number of carbonyl (C=O) groups excluding carboxylic acids is 1. The molecule has 0 unspecified atom stereocenters. The molecule has 6 heteroatoms. The van der Waals surface area contributed by atoms with E-state index in [9.17, 15) is 4.79 Å². The zero-order chi connectivity index (χ0) is 19.5. The molecule has 2 aromatic heterocycles. The van der Waals surface area contributed by atoms with Gasteiger partial charge in [0.1, 0.15) is 5.52 Å². The molecule has 0 atom stereocenters. The largest absolute Gasteiger partial charge is 0.460 e. The van der Waals surface area contributed by atoms with E-state index in [1.807, 2.05) is 67.7 Å². The molecule has 0 aliphatic heterocycles. The number of aromatic nitrogens is 4. The van der Waals surface area contributed by atoms with Gasteiger partial charge in [-0.15, -0.1) is 10.2 Å². The van der Waals surface area contributed by atoms with Crippen LogP contribution in [0.5, 0.6) is 0 Å². The maximum absolute atomic E-state index is 11.9. The maximum Gasteiger partial charge on any atom is 0.378 e. The van der Waals surface area contributed by atoms with Crippen molar-refractivity contribution in [2.24, 2.45) is 0 Å². The maximum atomic E-state index is 11.9. The first-order valence-corrected chi connectivity index (χ1v) is 9.00. The van der Waals surface area contributed by atoms with Crippen LogP contribution < -0.4 is 0 Å². The molecule has 0 aliphatic rings. The van der Waals surface area contributed by atoms with E-state index in [0.717, 1.165) is 27.9 Å². The first-order chi connectivity index (χ1) is 13.7. The van der Waals surface area contributed by atoms with Crippen LogP contribution in [0.2, 0.25) is 0 Å². The predicted molar refractivity (Wildman–Crippen MR) is 107 cm³/mol.